The minimum absolute atomic E-state index is 0.0782. The van der Waals surface area contributed by atoms with Crippen LogP contribution in [0.25, 0.3) is 0 Å². The molecular formula is C31H59NO2. The lowest BCUT2D eigenvalue weighted by Crippen LogP contribution is -2.57. The van der Waals surface area contributed by atoms with Crippen LogP contribution in [0.5, 0.6) is 0 Å². The Bertz CT molecular complexity index is 633. The van der Waals surface area contributed by atoms with Crippen LogP contribution in [0, 0.1) is 52.3 Å². The number of carbonyl (C=O) groups excluding carboxylic acids is 1. The summed E-state index contributed by atoms with van der Waals surface area (Å²) in [5, 5.41) is 11.2. The minimum atomic E-state index is -0.0782. The number of rotatable bonds is 5. The van der Waals surface area contributed by atoms with Gasteiger partial charge in [0.15, 0.2) is 0 Å². The SMILES string of the molecule is CC.CC(=O)CCC(C)C1CCC2C3CC(O)C4CC(C)CCC4(C)C3CCC12C.CCCN. The van der Waals surface area contributed by atoms with Crippen LogP contribution in [0.15, 0.2) is 0 Å². The van der Waals surface area contributed by atoms with Crippen molar-refractivity contribution in [1.29, 1.82) is 0 Å². The monoisotopic (exact) mass is 477 g/mol. The Morgan fingerprint density at radius 1 is 1.00 bits per heavy atom. The molecule has 0 aliphatic heterocycles. The molecule has 3 N–H and O–H groups in total. The van der Waals surface area contributed by atoms with E-state index >= 15 is 0 Å². The summed E-state index contributed by atoms with van der Waals surface area (Å²) in [6, 6.07) is 0. The molecule has 0 saturated heterocycles. The molecule has 0 bridgehead atoms. The second-order valence-electron chi connectivity index (χ2n) is 12.9. The van der Waals surface area contributed by atoms with Crippen LogP contribution in [0.2, 0.25) is 0 Å². The van der Waals surface area contributed by atoms with Gasteiger partial charge >= 0.3 is 0 Å². The van der Waals surface area contributed by atoms with E-state index in [9.17, 15) is 9.90 Å². The number of carbonyl (C=O) groups is 1. The van der Waals surface area contributed by atoms with Crippen molar-refractivity contribution in [3.8, 4) is 0 Å². The first-order valence-electron chi connectivity index (χ1n) is 15.0. The van der Waals surface area contributed by atoms with Gasteiger partial charge in [-0.2, -0.15) is 0 Å². The lowest BCUT2D eigenvalue weighted by molar-refractivity contribution is -0.165. The third-order valence-electron chi connectivity index (χ3n) is 10.9. The van der Waals surface area contributed by atoms with Gasteiger partial charge in [0.05, 0.1) is 6.10 Å². The van der Waals surface area contributed by atoms with Crippen molar-refractivity contribution in [2.45, 2.75) is 132 Å². The lowest BCUT2D eigenvalue weighted by atomic mass is 9.43. The van der Waals surface area contributed by atoms with Gasteiger partial charge in [-0.3, -0.25) is 0 Å². The van der Waals surface area contributed by atoms with Gasteiger partial charge in [0, 0.05) is 6.42 Å². The molecular weight excluding hydrogens is 418 g/mol. The van der Waals surface area contributed by atoms with Gasteiger partial charge in [-0.25, -0.2) is 0 Å². The molecule has 4 aliphatic rings. The summed E-state index contributed by atoms with van der Waals surface area (Å²) in [5.41, 5.74) is 5.83. The lowest BCUT2D eigenvalue weighted by Gasteiger charge is -2.62. The van der Waals surface area contributed by atoms with Crippen molar-refractivity contribution in [1.82, 2.24) is 0 Å². The zero-order valence-corrected chi connectivity index (χ0v) is 24.0. The van der Waals surface area contributed by atoms with Crippen LogP contribution in [0.3, 0.4) is 0 Å². The Hall–Kier alpha value is -0.410. The first-order chi connectivity index (χ1) is 16.1. The van der Waals surface area contributed by atoms with Gasteiger partial charge < -0.3 is 15.6 Å². The number of aliphatic hydroxyl groups is 1. The van der Waals surface area contributed by atoms with E-state index in [1.807, 2.05) is 13.8 Å². The number of hydrogen-bond donors (Lipinski definition) is 2. The summed E-state index contributed by atoms with van der Waals surface area (Å²) < 4.78 is 0. The van der Waals surface area contributed by atoms with Crippen LogP contribution in [0.4, 0.5) is 0 Å². The van der Waals surface area contributed by atoms with Crippen molar-refractivity contribution in [3.05, 3.63) is 0 Å². The molecule has 4 fully saturated rings. The molecule has 3 nitrogen and oxygen atoms in total. The van der Waals surface area contributed by atoms with Gasteiger partial charge in [-0.05, 0) is 124 Å². The average molecular weight is 478 g/mol. The number of nitrogens with two attached hydrogens (primary N) is 1. The van der Waals surface area contributed by atoms with Crippen molar-refractivity contribution in [2.24, 2.45) is 58.0 Å². The van der Waals surface area contributed by atoms with Crippen LogP contribution in [0.1, 0.15) is 126 Å². The fourth-order valence-electron chi connectivity index (χ4n) is 9.11. The van der Waals surface area contributed by atoms with Crippen LogP contribution in [-0.2, 0) is 4.79 Å². The normalized spacial score (nSPS) is 43.6. The smallest absolute Gasteiger partial charge is 0.129 e. The molecule has 0 spiro atoms. The van der Waals surface area contributed by atoms with Crippen LogP contribution in [-0.4, -0.2) is 23.5 Å². The Morgan fingerprint density at radius 2 is 1.59 bits per heavy atom. The van der Waals surface area contributed by atoms with Crippen LogP contribution < -0.4 is 5.73 Å². The molecule has 4 saturated carbocycles. The molecule has 34 heavy (non-hydrogen) atoms. The first kappa shape index (κ1) is 29.8. The summed E-state index contributed by atoms with van der Waals surface area (Å²) in [6.07, 6.45) is 13.3. The zero-order chi connectivity index (χ0) is 25.7. The third kappa shape index (κ3) is 5.93. The van der Waals surface area contributed by atoms with E-state index in [1.165, 1.54) is 44.9 Å². The quantitative estimate of drug-likeness (QED) is 0.427. The molecule has 0 aromatic rings. The highest BCUT2D eigenvalue weighted by Gasteiger charge is 2.62. The van der Waals surface area contributed by atoms with E-state index in [4.69, 9.17) is 5.73 Å². The standard InChI is InChI=1S/C26H44O2.C3H9N.C2H6/c1-16-10-12-26(5)22-11-13-25(4)20(17(2)6-7-18(3)27)8-9-21(25)19(22)15-24(28)23(26)14-16;1-2-3-4;1-2/h16-17,19-24,28H,6-15H2,1-5H3;2-4H2,1H3;1-2H3. The predicted octanol–water partition coefficient (Wildman–Crippen LogP) is 7.64. The van der Waals surface area contributed by atoms with Gasteiger partial charge in [0.25, 0.3) is 0 Å². The Kier molecular flexibility index (Phi) is 11.1. The maximum Gasteiger partial charge on any atom is 0.129 e. The summed E-state index contributed by atoms with van der Waals surface area (Å²) in [7, 11) is 0. The molecule has 4 aliphatic carbocycles. The highest BCUT2D eigenvalue weighted by atomic mass is 16.3. The maximum atomic E-state index is 11.5. The second kappa shape index (κ2) is 12.7. The Morgan fingerprint density at radius 3 is 2.18 bits per heavy atom. The Balaban J connectivity index is 0.000000618. The van der Waals surface area contributed by atoms with E-state index in [1.54, 1.807) is 6.92 Å². The topological polar surface area (TPSA) is 63.3 Å². The first-order valence-corrected chi connectivity index (χ1v) is 15.0. The summed E-state index contributed by atoms with van der Waals surface area (Å²) in [4.78, 5) is 11.5. The third-order valence-corrected chi connectivity index (χ3v) is 10.9. The zero-order valence-electron chi connectivity index (χ0n) is 24.0. The van der Waals surface area contributed by atoms with Gasteiger partial charge in [0.1, 0.15) is 5.78 Å². The van der Waals surface area contributed by atoms with E-state index in [0.717, 1.165) is 61.8 Å². The molecule has 200 valence electrons. The predicted molar refractivity (Wildman–Crippen MR) is 146 cm³/mol. The number of hydrogen-bond acceptors (Lipinski definition) is 3. The molecule has 0 amide bonds. The average Bonchev–Trinajstić information content (AvgIpc) is 3.17. The molecule has 0 aromatic heterocycles. The highest BCUT2D eigenvalue weighted by molar-refractivity contribution is 5.75. The number of aliphatic hydroxyl groups excluding tert-OH is 1. The summed E-state index contributed by atoms with van der Waals surface area (Å²) in [6.45, 7) is 18.5. The molecule has 10 unspecified atom stereocenters. The summed E-state index contributed by atoms with van der Waals surface area (Å²) >= 11 is 0. The fraction of sp³-hybridized carbons (Fsp3) is 0.968. The number of Topliss-reactive ketones (excluding diaryl/α,β-unsaturated/α-hetero) is 1. The molecule has 3 heteroatoms. The number of ketones is 1. The molecule has 0 radical (unpaired) electrons. The molecule has 0 heterocycles. The van der Waals surface area contributed by atoms with Crippen molar-refractivity contribution in [3.63, 3.8) is 0 Å². The maximum absolute atomic E-state index is 11.5. The van der Waals surface area contributed by atoms with Gasteiger partial charge in [-0.1, -0.05) is 54.9 Å². The van der Waals surface area contributed by atoms with E-state index in [-0.39, 0.29) is 6.10 Å². The van der Waals surface area contributed by atoms with E-state index in [0.29, 0.717) is 28.4 Å². The molecule has 4 rings (SSSR count). The van der Waals surface area contributed by atoms with Crippen molar-refractivity contribution in [2.75, 3.05) is 6.54 Å². The van der Waals surface area contributed by atoms with E-state index < -0.39 is 0 Å². The number of fused-ring (bicyclic) bond motifs is 5. The molecule has 0 aromatic carbocycles. The van der Waals surface area contributed by atoms with Gasteiger partial charge in [-0.15, -0.1) is 0 Å². The fourth-order valence-corrected chi connectivity index (χ4v) is 9.11. The minimum Gasteiger partial charge on any atom is -0.393 e. The Labute approximate surface area is 212 Å². The van der Waals surface area contributed by atoms with E-state index in [2.05, 4.69) is 34.6 Å². The largest absolute Gasteiger partial charge is 0.393 e. The van der Waals surface area contributed by atoms with Gasteiger partial charge in [0.2, 0.25) is 0 Å². The summed E-state index contributed by atoms with van der Waals surface area (Å²) in [5.74, 6) is 5.45. The highest BCUT2D eigenvalue weighted by Crippen LogP contribution is 2.68. The van der Waals surface area contributed by atoms with Crippen molar-refractivity contribution < 1.29 is 9.90 Å². The van der Waals surface area contributed by atoms with Crippen LogP contribution >= 0.6 is 0 Å². The molecule has 10 atom stereocenters. The van der Waals surface area contributed by atoms with Crippen molar-refractivity contribution >= 4 is 5.78 Å². The second-order valence-corrected chi connectivity index (χ2v) is 12.9.